The van der Waals surface area contributed by atoms with Crippen LogP contribution < -0.4 is 5.32 Å². The maximum absolute atomic E-state index is 13.0. The molecule has 0 fully saturated rings. The molecule has 0 bridgehead atoms. The number of hydrogen-bond acceptors (Lipinski definition) is 3. The van der Waals surface area contributed by atoms with Gasteiger partial charge in [-0.3, -0.25) is 0 Å². The van der Waals surface area contributed by atoms with Crippen molar-refractivity contribution >= 4 is 5.69 Å². The van der Waals surface area contributed by atoms with Crippen LogP contribution in [0.3, 0.4) is 0 Å². The molecule has 0 saturated heterocycles. The number of halogens is 1. The maximum Gasteiger partial charge on any atom is 0.157 e. The Morgan fingerprint density at radius 1 is 1.41 bits per heavy atom. The van der Waals surface area contributed by atoms with Gasteiger partial charge in [0.25, 0.3) is 0 Å². The monoisotopic (exact) mass is 234 g/mol. The molecule has 0 aliphatic carbocycles. The van der Waals surface area contributed by atoms with Crippen molar-refractivity contribution in [3.8, 4) is 11.5 Å². The summed E-state index contributed by atoms with van der Waals surface area (Å²) in [6.07, 6.45) is 3.72. The van der Waals surface area contributed by atoms with E-state index in [1.165, 1.54) is 12.3 Å². The van der Waals surface area contributed by atoms with E-state index in [9.17, 15) is 4.39 Å². The van der Waals surface area contributed by atoms with Crippen LogP contribution in [0.2, 0.25) is 0 Å². The number of fused-ring (bicyclic) bond motifs is 3. The molecule has 3 heterocycles. The van der Waals surface area contributed by atoms with Gasteiger partial charge in [0.1, 0.15) is 11.5 Å². The van der Waals surface area contributed by atoms with Gasteiger partial charge >= 0.3 is 0 Å². The van der Waals surface area contributed by atoms with Crippen molar-refractivity contribution in [1.82, 2.24) is 4.98 Å². The molecule has 17 heavy (non-hydrogen) atoms. The highest BCUT2D eigenvalue weighted by Gasteiger charge is 2.18. The molecule has 0 spiro atoms. The van der Waals surface area contributed by atoms with Crippen LogP contribution in [0.5, 0.6) is 0 Å². The fraction of sp³-hybridized carbons (Fsp3) is 0.308. The molecule has 0 aromatic carbocycles. The predicted molar refractivity (Wildman–Crippen MR) is 65.4 cm³/mol. The average Bonchev–Trinajstić information content (AvgIpc) is 2.74. The van der Waals surface area contributed by atoms with Crippen LogP contribution in [0, 0.1) is 5.82 Å². The molecule has 0 radical (unpaired) electrons. The molecular formula is C13H15FN2O. The van der Waals surface area contributed by atoms with E-state index in [2.05, 4.69) is 10.3 Å². The summed E-state index contributed by atoms with van der Waals surface area (Å²) in [6.45, 7) is 4.77. The van der Waals surface area contributed by atoms with E-state index < -0.39 is 0 Å². The molecule has 3 rings (SSSR count). The fourth-order valence-electron chi connectivity index (χ4n) is 1.83. The number of nitrogens with zero attached hydrogens (tertiary/aromatic N) is 1. The van der Waals surface area contributed by atoms with Gasteiger partial charge in [-0.25, -0.2) is 9.37 Å². The van der Waals surface area contributed by atoms with Crippen molar-refractivity contribution in [2.45, 2.75) is 20.3 Å². The van der Waals surface area contributed by atoms with E-state index in [4.69, 9.17) is 4.42 Å². The predicted octanol–water partition coefficient (Wildman–Crippen LogP) is 3.47. The molecule has 0 amide bonds. The Morgan fingerprint density at radius 2 is 2.24 bits per heavy atom. The summed E-state index contributed by atoms with van der Waals surface area (Å²) < 4.78 is 18.4. The first-order valence-electron chi connectivity index (χ1n) is 5.81. The minimum Gasteiger partial charge on any atom is -0.462 e. The number of anilines is 1. The second kappa shape index (κ2) is 4.99. The minimum atomic E-state index is -0.337. The summed E-state index contributed by atoms with van der Waals surface area (Å²) in [5, 5.41) is 3.14. The quantitative estimate of drug-likeness (QED) is 0.758. The summed E-state index contributed by atoms with van der Waals surface area (Å²) in [5.41, 5.74) is 2.50. The van der Waals surface area contributed by atoms with Crippen LogP contribution >= 0.6 is 0 Å². The van der Waals surface area contributed by atoms with Gasteiger partial charge < -0.3 is 9.73 Å². The van der Waals surface area contributed by atoms with Crippen molar-refractivity contribution in [2.75, 3.05) is 11.9 Å². The zero-order valence-corrected chi connectivity index (χ0v) is 9.96. The lowest BCUT2D eigenvalue weighted by atomic mass is 10.1. The van der Waals surface area contributed by atoms with Gasteiger partial charge in [0.15, 0.2) is 5.76 Å². The molecule has 0 atom stereocenters. The van der Waals surface area contributed by atoms with Crippen LogP contribution in [0.4, 0.5) is 10.1 Å². The van der Waals surface area contributed by atoms with Crippen LogP contribution in [-0.2, 0) is 6.42 Å². The van der Waals surface area contributed by atoms with E-state index in [0.29, 0.717) is 11.4 Å². The fourth-order valence-corrected chi connectivity index (χ4v) is 1.83. The third-order valence-electron chi connectivity index (χ3n) is 2.53. The standard InChI is InChI=1S/C11H9FN2O.C2H6/c12-8-5-9-10(14-6-8)11-7(1-3-13-9)2-4-15-11;1-2/h2,4-6,13H,1,3H2;1-2H3. The largest absolute Gasteiger partial charge is 0.462 e. The molecule has 90 valence electrons. The Morgan fingerprint density at radius 3 is 3.06 bits per heavy atom. The summed E-state index contributed by atoms with van der Waals surface area (Å²) in [5.74, 6) is 0.409. The van der Waals surface area contributed by atoms with Crippen LogP contribution in [0.15, 0.2) is 29.0 Å². The molecular weight excluding hydrogens is 219 g/mol. The van der Waals surface area contributed by atoms with Gasteiger partial charge in [-0.2, -0.15) is 0 Å². The molecule has 4 heteroatoms. The number of aromatic nitrogens is 1. The number of pyridine rings is 1. The normalized spacial score (nSPS) is 12.4. The Labute approximate surface area is 99.7 Å². The topological polar surface area (TPSA) is 38.1 Å². The Balaban J connectivity index is 0.000000514. The first-order valence-corrected chi connectivity index (χ1v) is 5.81. The molecule has 2 aromatic heterocycles. The summed E-state index contributed by atoms with van der Waals surface area (Å²) >= 11 is 0. The van der Waals surface area contributed by atoms with Crippen molar-refractivity contribution < 1.29 is 8.81 Å². The van der Waals surface area contributed by atoms with Gasteiger partial charge in [-0.15, -0.1) is 0 Å². The number of rotatable bonds is 0. The number of hydrogen-bond donors (Lipinski definition) is 1. The molecule has 2 aromatic rings. The highest BCUT2D eigenvalue weighted by molar-refractivity contribution is 5.74. The molecule has 0 saturated carbocycles. The first-order chi connectivity index (χ1) is 8.34. The zero-order valence-electron chi connectivity index (χ0n) is 9.96. The average molecular weight is 234 g/mol. The first kappa shape index (κ1) is 11.6. The van der Waals surface area contributed by atoms with E-state index in [1.54, 1.807) is 6.26 Å². The smallest absolute Gasteiger partial charge is 0.157 e. The van der Waals surface area contributed by atoms with E-state index in [1.807, 2.05) is 19.9 Å². The lowest BCUT2D eigenvalue weighted by Gasteiger charge is -2.05. The minimum absolute atomic E-state index is 0.337. The van der Waals surface area contributed by atoms with Gasteiger partial charge in [0.05, 0.1) is 18.1 Å². The molecule has 1 aliphatic rings. The lowest BCUT2D eigenvalue weighted by Crippen LogP contribution is -2.02. The maximum atomic E-state index is 13.0. The van der Waals surface area contributed by atoms with Crippen LogP contribution in [0.25, 0.3) is 11.5 Å². The number of nitrogens with one attached hydrogen (secondary N) is 1. The van der Waals surface area contributed by atoms with Crippen molar-refractivity contribution in [3.63, 3.8) is 0 Å². The molecule has 0 unspecified atom stereocenters. The van der Waals surface area contributed by atoms with Crippen molar-refractivity contribution in [1.29, 1.82) is 0 Å². The molecule has 1 aliphatic heterocycles. The second-order valence-electron chi connectivity index (χ2n) is 3.50. The van der Waals surface area contributed by atoms with E-state index in [-0.39, 0.29) is 5.82 Å². The van der Waals surface area contributed by atoms with E-state index in [0.717, 1.165) is 24.3 Å². The van der Waals surface area contributed by atoms with Crippen LogP contribution in [0.1, 0.15) is 19.4 Å². The zero-order chi connectivity index (χ0) is 12.3. The highest BCUT2D eigenvalue weighted by atomic mass is 19.1. The Kier molecular flexibility index (Phi) is 3.42. The van der Waals surface area contributed by atoms with Crippen LogP contribution in [-0.4, -0.2) is 11.5 Å². The van der Waals surface area contributed by atoms with Crippen molar-refractivity contribution in [2.24, 2.45) is 0 Å². The highest BCUT2D eigenvalue weighted by Crippen LogP contribution is 2.32. The summed E-state index contributed by atoms with van der Waals surface area (Å²) in [6, 6.07) is 3.37. The third-order valence-corrected chi connectivity index (χ3v) is 2.53. The molecule has 3 nitrogen and oxygen atoms in total. The molecule has 1 N–H and O–H groups in total. The SMILES string of the molecule is CC.Fc1cnc2c(c1)NCCc1ccoc1-2. The van der Waals surface area contributed by atoms with Gasteiger partial charge in [0.2, 0.25) is 0 Å². The lowest BCUT2D eigenvalue weighted by molar-refractivity contribution is 0.577. The summed E-state index contributed by atoms with van der Waals surface area (Å²) in [4.78, 5) is 4.06. The van der Waals surface area contributed by atoms with Gasteiger partial charge in [0, 0.05) is 18.2 Å². The number of furan rings is 1. The van der Waals surface area contributed by atoms with E-state index >= 15 is 0 Å². The third kappa shape index (κ3) is 2.16. The van der Waals surface area contributed by atoms with Gasteiger partial charge in [-0.1, -0.05) is 13.8 Å². The van der Waals surface area contributed by atoms with Crippen molar-refractivity contribution in [3.05, 3.63) is 36.0 Å². The Hall–Kier alpha value is -1.84. The summed E-state index contributed by atoms with van der Waals surface area (Å²) in [7, 11) is 0. The second-order valence-corrected chi connectivity index (χ2v) is 3.50. The Bertz CT molecular complexity index is 508. The van der Waals surface area contributed by atoms with Gasteiger partial charge in [-0.05, 0) is 12.5 Å².